The largest absolute Gasteiger partial charge is 0.489 e. The molecule has 0 heterocycles. The maximum atomic E-state index is 8.64. The molecule has 23 heavy (non-hydrogen) atoms. The Kier molecular flexibility index (Phi) is 7.60. The topological polar surface area (TPSA) is 50.7 Å². The van der Waals surface area contributed by atoms with Crippen LogP contribution >= 0.6 is 0 Å². The average molecular weight is 315 g/mol. The van der Waals surface area contributed by atoms with Crippen LogP contribution in [0.3, 0.4) is 0 Å². The first-order valence-electron chi connectivity index (χ1n) is 7.95. The molecule has 0 aliphatic rings. The monoisotopic (exact) mass is 315 g/mol. The molecule has 0 aliphatic carbocycles. The zero-order chi connectivity index (χ0) is 16.3. The zero-order valence-electron chi connectivity index (χ0n) is 13.6. The summed E-state index contributed by atoms with van der Waals surface area (Å²) in [7, 11) is 0. The molecule has 0 radical (unpaired) electrons. The quantitative estimate of drug-likeness (QED) is 0.662. The van der Waals surface area contributed by atoms with Gasteiger partial charge in [-0.25, -0.2) is 0 Å². The van der Waals surface area contributed by atoms with E-state index in [9.17, 15) is 0 Å². The van der Waals surface area contributed by atoms with Crippen molar-refractivity contribution in [3.8, 4) is 5.75 Å². The summed E-state index contributed by atoms with van der Waals surface area (Å²) in [6.45, 7) is 5.16. The van der Waals surface area contributed by atoms with Gasteiger partial charge in [0.1, 0.15) is 12.4 Å². The van der Waals surface area contributed by atoms with E-state index >= 15 is 0 Å². The van der Waals surface area contributed by atoms with E-state index in [1.54, 1.807) is 0 Å². The van der Waals surface area contributed by atoms with Gasteiger partial charge in [-0.1, -0.05) is 48.0 Å². The van der Waals surface area contributed by atoms with E-state index in [1.165, 1.54) is 5.56 Å². The van der Waals surface area contributed by atoms with Crippen molar-refractivity contribution in [2.45, 2.75) is 20.1 Å². The second-order valence-electron chi connectivity index (χ2n) is 5.39. The van der Waals surface area contributed by atoms with Crippen LogP contribution < -0.4 is 10.1 Å². The molecule has 4 heteroatoms. The summed E-state index contributed by atoms with van der Waals surface area (Å²) >= 11 is 0. The average Bonchev–Trinajstić information content (AvgIpc) is 2.58. The molecule has 0 atom stereocenters. The fraction of sp³-hybridized carbons (Fsp3) is 0.368. The maximum absolute atomic E-state index is 8.64. The van der Waals surface area contributed by atoms with E-state index in [-0.39, 0.29) is 6.61 Å². The van der Waals surface area contributed by atoms with Gasteiger partial charge in [0.15, 0.2) is 0 Å². The number of rotatable bonds is 10. The molecule has 0 saturated heterocycles. The van der Waals surface area contributed by atoms with Gasteiger partial charge in [-0.2, -0.15) is 0 Å². The Labute approximate surface area is 138 Å². The molecular formula is C19H25NO3. The van der Waals surface area contributed by atoms with E-state index < -0.39 is 0 Å². The van der Waals surface area contributed by atoms with Crippen molar-refractivity contribution in [2.24, 2.45) is 0 Å². The van der Waals surface area contributed by atoms with Crippen LogP contribution in [0.5, 0.6) is 5.75 Å². The van der Waals surface area contributed by atoms with Gasteiger partial charge in [-0.15, -0.1) is 0 Å². The first-order chi connectivity index (χ1) is 11.3. The molecule has 2 aromatic carbocycles. The molecule has 0 unspecified atom stereocenters. The van der Waals surface area contributed by atoms with Crippen LogP contribution in [0.2, 0.25) is 0 Å². The summed E-state index contributed by atoms with van der Waals surface area (Å²) in [4.78, 5) is 0. The number of hydrogen-bond donors (Lipinski definition) is 2. The van der Waals surface area contributed by atoms with Crippen molar-refractivity contribution in [1.82, 2.24) is 5.32 Å². The number of aliphatic hydroxyl groups is 1. The molecule has 0 amide bonds. The Hall–Kier alpha value is -1.88. The Morgan fingerprint density at radius 2 is 1.78 bits per heavy atom. The van der Waals surface area contributed by atoms with Gasteiger partial charge in [-0.3, -0.25) is 0 Å². The summed E-state index contributed by atoms with van der Waals surface area (Å²) in [5.74, 6) is 0.900. The highest BCUT2D eigenvalue weighted by molar-refractivity contribution is 5.33. The lowest BCUT2D eigenvalue weighted by Gasteiger charge is -2.12. The van der Waals surface area contributed by atoms with Gasteiger partial charge in [-0.05, 0) is 18.6 Å². The van der Waals surface area contributed by atoms with Crippen LogP contribution in [0, 0.1) is 6.92 Å². The van der Waals surface area contributed by atoms with Gasteiger partial charge in [0.05, 0.1) is 19.8 Å². The van der Waals surface area contributed by atoms with Crippen LogP contribution in [0.15, 0.2) is 48.5 Å². The number of hydrogen-bond acceptors (Lipinski definition) is 4. The minimum absolute atomic E-state index is 0.0652. The Balaban J connectivity index is 1.81. The highest BCUT2D eigenvalue weighted by Gasteiger charge is 2.03. The molecule has 0 aromatic heterocycles. The summed E-state index contributed by atoms with van der Waals surface area (Å²) in [6.07, 6.45) is 0. The normalized spacial score (nSPS) is 10.7. The van der Waals surface area contributed by atoms with Gasteiger partial charge in [0, 0.05) is 18.7 Å². The molecule has 2 N–H and O–H groups in total. The highest BCUT2D eigenvalue weighted by Crippen LogP contribution is 2.19. The fourth-order valence-corrected chi connectivity index (χ4v) is 2.17. The smallest absolute Gasteiger partial charge is 0.124 e. The molecule has 2 aromatic rings. The van der Waals surface area contributed by atoms with E-state index in [0.29, 0.717) is 19.8 Å². The Bertz CT molecular complexity index is 569. The maximum Gasteiger partial charge on any atom is 0.124 e. The van der Waals surface area contributed by atoms with Crippen LogP contribution in [-0.2, 0) is 17.9 Å². The predicted octanol–water partition coefficient (Wildman–Crippen LogP) is 2.67. The molecule has 0 fully saturated rings. The Morgan fingerprint density at radius 3 is 2.57 bits per heavy atom. The number of nitrogens with one attached hydrogen (secondary N) is 1. The van der Waals surface area contributed by atoms with Gasteiger partial charge in [0.25, 0.3) is 0 Å². The van der Waals surface area contributed by atoms with Crippen LogP contribution in [-0.4, -0.2) is 31.5 Å². The first kappa shape index (κ1) is 17.5. The van der Waals surface area contributed by atoms with E-state index in [2.05, 4.69) is 42.6 Å². The van der Waals surface area contributed by atoms with Crippen LogP contribution in [0.4, 0.5) is 0 Å². The minimum atomic E-state index is 0.0652. The third-order valence-electron chi connectivity index (χ3n) is 3.46. The standard InChI is InChI=1S/C19H25NO3/c1-16-6-8-17(9-7-16)15-23-19-5-3-2-4-18(19)14-20-10-12-22-13-11-21/h2-9,20-21H,10-15H2,1H3. The predicted molar refractivity (Wildman–Crippen MR) is 91.6 cm³/mol. The lowest BCUT2D eigenvalue weighted by molar-refractivity contribution is 0.0937. The molecular weight excluding hydrogens is 290 g/mol. The van der Waals surface area contributed by atoms with Crippen molar-refractivity contribution >= 4 is 0 Å². The van der Waals surface area contributed by atoms with Gasteiger partial charge >= 0.3 is 0 Å². The van der Waals surface area contributed by atoms with Crippen molar-refractivity contribution in [1.29, 1.82) is 0 Å². The van der Waals surface area contributed by atoms with Crippen LogP contribution in [0.1, 0.15) is 16.7 Å². The molecule has 0 saturated carbocycles. The molecule has 2 rings (SSSR count). The van der Waals surface area contributed by atoms with E-state index in [1.807, 2.05) is 18.2 Å². The number of para-hydroxylation sites is 1. The third-order valence-corrected chi connectivity index (χ3v) is 3.46. The number of ether oxygens (including phenoxy) is 2. The van der Waals surface area contributed by atoms with Crippen molar-refractivity contribution < 1.29 is 14.6 Å². The summed E-state index contributed by atoms with van der Waals surface area (Å²) in [5.41, 5.74) is 3.54. The molecule has 0 spiro atoms. The minimum Gasteiger partial charge on any atom is -0.489 e. The number of benzene rings is 2. The van der Waals surface area contributed by atoms with Crippen molar-refractivity contribution in [3.63, 3.8) is 0 Å². The fourth-order valence-electron chi connectivity index (χ4n) is 2.17. The molecule has 124 valence electrons. The second-order valence-corrected chi connectivity index (χ2v) is 5.39. The third kappa shape index (κ3) is 6.40. The lowest BCUT2D eigenvalue weighted by Crippen LogP contribution is -2.20. The van der Waals surface area contributed by atoms with E-state index in [4.69, 9.17) is 14.6 Å². The summed E-state index contributed by atoms with van der Waals surface area (Å²) < 4.78 is 11.2. The van der Waals surface area contributed by atoms with E-state index in [0.717, 1.165) is 30.0 Å². The lowest BCUT2D eigenvalue weighted by atomic mass is 10.1. The van der Waals surface area contributed by atoms with Gasteiger partial charge < -0.3 is 19.9 Å². The Morgan fingerprint density at radius 1 is 1.00 bits per heavy atom. The number of aliphatic hydroxyl groups excluding tert-OH is 1. The second kappa shape index (κ2) is 10.0. The van der Waals surface area contributed by atoms with Gasteiger partial charge in [0.2, 0.25) is 0 Å². The molecule has 4 nitrogen and oxygen atoms in total. The van der Waals surface area contributed by atoms with Crippen molar-refractivity contribution in [3.05, 3.63) is 65.2 Å². The highest BCUT2D eigenvalue weighted by atomic mass is 16.5. The first-order valence-corrected chi connectivity index (χ1v) is 7.95. The summed E-state index contributed by atoms with van der Waals surface area (Å²) in [5, 5.41) is 12.0. The molecule has 0 bridgehead atoms. The SMILES string of the molecule is Cc1ccc(COc2ccccc2CNCCOCCO)cc1. The summed E-state index contributed by atoms with van der Waals surface area (Å²) in [6, 6.07) is 16.4. The van der Waals surface area contributed by atoms with Crippen LogP contribution in [0.25, 0.3) is 0 Å². The van der Waals surface area contributed by atoms with Crippen molar-refractivity contribution in [2.75, 3.05) is 26.4 Å². The number of aryl methyl sites for hydroxylation is 1. The zero-order valence-corrected chi connectivity index (χ0v) is 13.6. The molecule has 0 aliphatic heterocycles.